The normalized spacial score (nSPS) is 15.4. The highest BCUT2D eigenvalue weighted by atomic mass is 16.5. The standard InChI is InChI=1S/C23H31N3O2/c1-23(2,3)19-7-9-20(10-8-19)24-22(27)26-15-13-25(14-16-26)17-18-5-11-21(28-4)12-6-18/h5-12H,13-17H2,1-4H3,(H,24,27). The molecule has 2 amide bonds. The molecule has 1 heterocycles. The molecular weight excluding hydrogens is 350 g/mol. The first-order valence-corrected chi connectivity index (χ1v) is 9.87. The van der Waals surface area contributed by atoms with Gasteiger partial charge in [-0.2, -0.15) is 0 Å². The van der Waals surface area contributed by atoms with Gasteiger partial charge in [-0.05, 0) is 40.8 Å². The number of hydrogen-bond acceptors (Lipinski definition) is 3. The molecule has 0 unspecified atom stereocenters. The summed E-state index contributed by atoms with van der Waals surface area (Å²) >= 11 is 0. The van der Waals surface area contributed by atoms with Crippen LogP contribution in [0.3, 0.4) is 0 Å². The molecule has 0 atom stereocenters. The van der Waals surface area contributed by atoms with Gasteiger partial charge in [-0.15, -0.1) is 0 Å². The molecule has 1 N–H and O–H groups in total. The van der Waals surface area contributed by atoms with E-state index in [0.29, 0.717) is 0 Å². The second-order valence-electron chi connectivity index (χ2n) is 8.37. The number of carbonyl (C=O) groups is 1. The topological polar surface area (TPSA) is 44.8 Å². The number of anilines is 1. The molecule has 1 aliphatic heterocycles. The largest absolute Gasteiger partial charge is 0.497 e. The number of rotatable bonds is 4. The second-order valence-corrected chi connectivity index (χ2v) is 8.37. The maximum absolute atomic E-state index is 12.6. The van der Waals surface area contributed by atoms with Crippen LogP contribution in [0.25, 0.3) is 0 Å². The predicted octanol–water partition coefficient (Wildman–Crippen LogP) is 4.34. The summed E-state index contributed by atoms with van der Waals surface area (Å²) in [7, 11) is 1.68. The fourth-order valence-electron chi connectivity index (χ4n) is 3.35. The van der Waals surface area contributed by atoms with E-state index in [9.17, 15) is 4.79 Å². The first kappa shape index (κ1) is 20.2. The lowest BCUT2D eigenvalue weighted by Crippen LogP contribution is -2.49. The SMILES string of the molecule is COc1ccc(CN2CCN(C(=O)Nc3ccc(C(C)(C)C)cc3)CC2)cc1. The van der Waals surface area contributed by atoms with Crippen LogP contribution in [0.1, 0.15) is 31.9 Å². The van der Waals surface area contributed by atoms with E-state index < -0.39 is 0 Å². The third-order valence-corrected chi connectivity index (χ3v) is 5.23. The van der Waals surface area contributed by atoms with Crippen LogP contribution in [0.5, 0.6) is 5.75 Å². The summed E-state index contributed by atoms with van der Waals surface area (Å²) < 4.78 is 5.21. The van der Waals surface area contributed by atoms with E-state index in [-0.39, 0.29) is 11.4 Å². The van der Waals surface area contributed by atoms with Crippen LogP contribution in [0, 0.1) is 0 Å². The minimum Gasteiger partial charge on any atom is -0.497 e. The number of nitrogens with one attached hydrogen (secondary N) is 1. The molecule has 2 aromatic carbocycles. The zero-order valence-electron chi connectivity index (χ0n) is 17.4. The van der Waals surface area contributed by atoms with Gasteiger partial charge in [0, 0.05) is 38.4 Å². The Hall–Kier alpha value is -2.53. The van der Waals surface area contributed by atoms with Crippen molar-refractivity contribution in [2.45, 2.75) is 32.7 Å². The molecule has 0 aliphatic carbocycles. The van der Waals surface area contributed by atoms with Gasteiger partial charge in [0.05, 0.1) is 7.11 Å². The van der Waals surface area contributed by atoms with Gasteiger partial charge in [-0.25, -0.2) is 4.79 Å². The van der Waals surface area contributed by atoms with Crippen LogP contribution in [0.4, 0.5) is 10.5 Å². The summed E-state index contributed by atoms with van der Waals surface area (Å²) in [5.41, 5.74) is 3.48. The Morgan fingerprint density at radius 2 is 1.57 bits per heavy atom. The summed E-state index contributed by atoms with van der Waals surface area (Å²) in [4.78, 5) is 16.8. The molecule has 0 spiro atoms. The number of methoxy groups -OCH3 is 1. The van der Waals surface area contributed by atoms with Crippen LogP contribution in [0.2, 0.25) is 0 Å². The van der Waals surface area contributed by atoms with Crippen molar-refractivity contribution in [1.29, 1.82) is 0 Å². The van der Waals surface area contributed by atoms with Gasteiger partial charge in [-0.3, -0.25) is 4.90 Å². The Balaban J connectivity index is 1.48. The van der Waals surface area contributed by atoms with Gasteiger partial charge in [0.15, 0.2) is 0 Å². The number of ether oxygens (including phenoxy) is 1. The number of nitrogens with zero attached hydrogens (tertiary/aromatic N) is 2. The molecular formula is C23H31N3O2. The van der Waals surface area contributed by atoms with E-state index in [1.165, 1.54) is 11.1 Å². The zero-order valence-corrected chi connectivity index (χ0v) is 17.4. The maximum atomic E-state index is 12.6. The van der Waals surface area contributed by atoms with Crippen molar-refractivity contribution in [3.63, 3.8) is 0 Å². The van der Waals surface area contributed by atoms with Gasteiger partial charge in [0.1, 0.15) is 5.75 Å². The van der Waals surface area contributed by atoms with Gasteiger partial charge >= 0.3 is 6.03 Å². The summed E-state index contributed by atoms with van der Waals surface area (Å²) in [5.74, 6) is 0.876. The smallest absolute Gasteiger partial charge is 0.321 e. The third kappa shape index (κ3) is 5.26. The van der Waals surface area contributed by atoms with E-state index in [1.807, 2.05) is 29.2 Å². The molecule has 5 nitrogen and oxygen atoms in total. The highest BCUT2D eigenvalue weighted by Crippen LogP contribution is 2.23. The molecule has 0 bridgehead atoms. The maximum Gasteiger partial charge on any atom is 0.321 e. The lowest BCUT2D eigenvalue weighted by molar-refractivity contribution is 0.143. The monoisotopic (exact) mass is 381 g/mol. The van der Waals surface area contributed by atoms with Gasteiger partial charge in [0.25, 0.3) is 0 Å². The average Bonchev–Trinajstić information content (AvgIpc) is 2.69. The number of hydrogen-bond donors (Lipinski definition) is 1. The van der Waals surface area contributed by atoms with Crippen molar-refractivity contribution in [3.8, 4) is 5.75 Å². The predicted molar refractivity (Wildman–Crippen MR) is 114 cm³/mol. The van der Waals surface area contributed by atoms with Crippen molar-refractivity contribution >= 4 is 11.7 Å². The van der Waals surface area contributed by atoms with Gasteiger partial charge < -0.3 is 15.0 Å². The lowest BCUT2D eigenvalue weighted by atomic mass is 9.87. The molecule has 1 aliphatic rings. The van der Waals surface area contributed by atoms with E-state index in [2.05, 4.69) is 55.3 Å². The van der Waals surface area contributed by atoms with Crippen LogP contribution >= 0.6 is 0 Å². The van der Waals surface area contributed by atoms with E-state index in [1.54, 1.807) is 7.11 Å². The van der Waals surface area contributed by atoms with Crippen molar-refractivity contribution in [3.05, 3.63) is 59.7 Å². The summed E-state index contributed by atoms with van der Waals surface area (Å²) in [6, 6.07) is 16.3. The van der Waals surface area contributed by atoms with Crippen molar-refractivity contribution in [1.82, 2.24) is 9.80 Å². The fraction of sp³-hybridized carbons (Fsp3) is 0.435. The second kappa shape index (κ2) is 8.65. The lowest BCUT2D eigenvalue weighted by Gasteiger charge is -2.34. The molecule has 0 radical (unpaired) electrons. The third-order valence-electron chi connectivity index (χ3n) is 5.23. The highest BCUT2D eigenvalue weighted by Gasteiger charge is 2.21. The molecule has 5 heteroatoms. The fourth-order valence-corrected chi connectivity index (χ4v) is 3.35. The van der Waals surface area contributed by atoms with Gasteiger partial charge in [0.2, 0.25) is 0 Å². The van der Waals surface area contributed by atoms with Crippen LogP contribution in [0.15, 0.2) is 48.5 Å². The molecule has 1 saturated heterocycles. The van der Waals surface area contributed by atoms with E-state index in [0.717, 1.165) is 44.2 Å². The van der Waals surface area contributed by atoms with Crippen LogP contribution in [-0.2, 0) is 12.0 Å². The zero-order chi connectivity index (χ0) is 20.1. The Morgan fingerprint density at radius 1 is 0.964 bits per heavy atom. The number of amides is 2. The first-order valence-electron chi connectivity index (χ1n) is 9.87. The Labute approximate surface area is 168 Å². The summed E-state index contributed by atoms with van der Waals surface area (Å²) in [6.07, 6.45) is 0. The number of carbonyl (C=O) groups excluding carboxylic acids is 1. The summed E-state index contributed by atoms with van der Waals surface area (Å²) in [6.45, 7) is 10.7. The molecule has 2 aromatic rings. The Morgan fingerprint density at radius 3 is 2.11 bits per heavy atom. The molecule has 1 fully saturated rings. The minimum atomic E-state index is -0.0207. The molecule has 28 heavy (non-hydrogen) atoms. The molecule has 150 valence electrons. The van der Waals surface area contributed by atoms with Crippen molar-refractivity contribution in [2.24, 2.45) is 0 Å². The highest BCUT2D eigenvalue weighted by molar-refractivity contribution is 5.89. The molecule has 3 rings (SSSR count). The van der Waals surface area contributed by atoms with Gasteiger partial charge in [-0.1, -0.05) is 45.0 Å². The van der Waals surface area contributed by atoms with Crippen molar-refractivity contribution < 1.29 is 9.53 Å². The van der Waals surface area contributed by atoms with E-state index >= 15 is 0 Å². The Kier molecular flexibility index (Phi) is 6.25. The number of benzene rings is 2. The Bertz CT molecular complexity index is 771. The summed E-state index contributed by atoms with van der Waals surface area (Å²) in [5, 5.41) is 3.02. The average molecular weight is 382 g/mol. The quantitative estimate of drug-likeness (QED) is 0.857. The molecule has 0 saturated carbocycles. The van der Waals surface area contributed by atoms with E-state index in [4.69, 9.17) is 4.74 Å². The van der Waals surface area contributed by atoms with Crippen LogP contribution < -0.4 is 10.1 Å². The van der Waals surface area contributed by atoms with Crippen LogP contribution in [-0.4, -0.2) is 49.1 Å². The number of piperazine rings is 1. The van der Waals surface area contributed by atoms with Crippen molar-refractivity contribution in [2.75, 3.05) is 38.6 Å². The minimum absolute atomic E-state index is 0.0207. The number of urea groups is 1. The molecule has 0 aromatic heterocycles. The first-order chi connectivity index (χ1) is 13.3.